The number of fused-ring (bicyclic) bond motifs is 2. The fourth-order valence-electron chi connectivity index (χ4n) is 4.20. The molecule has 2 saturated heterocycles. The van der Waals surface area contributed by atoms with Gasteiger partial charge in [-0.25, -0.2) is 0 Å². The van der Waals surface area contributed by atoms with Crippen molar-refractivity contribution in [2.75, 3.05) is 46.0 Å². The van der Waals surface area contributed by atoms with Crippen LogP contribution in [0.3, 0.4) is 0 Å². The highest BCUT2D eigenvalue weighted by atomic mass is 35.5. The van der Waals surface area contributed by atoms with Crippen molar-refractivity contribution >= 4 is 35.6 Å². The van der Waals surface area contributed by atoms with Crippen LogP contribution in [0, 0.1) is 0 Å². The summed E-state index contributed by atoms with van der Waals surface area (Å²) in [7, 11) is 0. The molecule has 0 aromatic carbocycles. The number of piperidine rings is 1. The Hall–Kier alpha value is -1.19. The minimum Gasteiger partial charge on any atom is -0.378 e. The lowest BCUT2D eigenvalue weighted by molar-refractivity contribution is -0.141. The van der Waals surface area contributed by atoms with Gasteiger partial charge in [0.05, 0.1) is 30.7 Å². The molecule has 1 atom stereocenters. The molecule has 7 nitrogen and oxygen atoms in total. The number of halogens is 1. The number of hydrogen-bond acceptors (Lipinski definition) is 6. The first-order valence-corrected chi connectivity index (χ1v) is 10.5. The lowest BCUT2D eigenvalue weighted by Crippen LogP contribution is -2.51. The summed E-state index contributed by atoms with van der Waals surface area (Å²) < 4.78 is 11.6. The predicted molar refractivity (Wildman–Crippen MR) is 109 cm³/mol. The van der Waals surface area contributed by atoms with Gasteiger partial charge in [0.15, 0.2) is 0 Å². The van der Waals surface area contributed by atoms with Gasteiger partial charge in [-0.2, -0.15) is 0 Å². The van der Waals surface area contributed by atoms with Gasteiger partial charge < -0.3 is 25.0 Å². The topological polar surface area (TPSA) is 85.1 Å². The molecule has 1 spiro atoms. The molecule has 0 radical (unpaired) electrons. The summed E-state index contributed by atoms with van der Waals surface area (Å²) in [6.45, 7) is 6.19. The maximum atomic E-state index is 12.9. The van der Waals surface area contributed by atoms with Crippen LogP contribution >= 0.6 is 23.7 Å². The molecule has 28 heavy (non-hydrogen) atoms. The summed E-state index contributed by atoms with van der Waals surface area (Å²) in [6, 6.07) is 1.59. The zero-order valence-electron chi connectivity index (χ0n) is 16.1. The van der Waals surface area contributed by atoms with E-state index in [9.17, 15) is 9.59 Å². The molecule has 4 rings (SSSR count). The molecule has 2 fully saturated rings. The molecule has 2 N–H and O–H groups in total. The third kappa shape index (κ3) is 3.93. The second-order valence-electron chi connectivity index (χ2n) is 7.58. The number of nitrogens with two attached hydrogens (primary N) is 1. The van der Waals surface area contributed by atoms with Crippen molar-refractivity contribution in [2.45, 2.75) is 37.8 Å². The van der Waals surface area contributed by atoms with E-state index in [1.807, 2.05) is 9.80 Å². The average molecular weight is 430 g/mol. The number of carbonyl (C=O) groups excluding carboxylic acids is 2. The standard InChI is InChI=1S/C19H27N3O4S.ClH/c1-13(20)17(23)21-5-3-19(4-6-21)16-14(2-9-26-19)12-15(27-16)18(24)22-7-10-25-11-8-22;/h12-13H,2-11,20H2,1H3;1H. The molecule has 0 bridgehead atoms. The Bertz CT molecular complexity index is 725. The van der Waals surface area contributed by atoms with E-state index in [-0.39, 0.29) is 29.8 Å². The summed E-state index contributed by atoms with van der Waals surface area (Å²) >= 11 is 1.57. The van der Waals surface area contributed by atoms with Crippen LogP contribution in [0.15, 0.2) is 6.07 Å². The van der Waals surface area contributed by atoms with Gasteiger partial charge in [0, 0.05) is 31.1 Å². The van der Waals surface area contributed by atoms with Crippen molar-refractivity contribution in [3.05, 3.63) is 21.4 Å². The number of thiophene rings is 1. The van der Waals surface area contributed by atoms with E-state index in [1.54, 1.807) is 18.3 Å². The third-order valence-electron chi connectivity index (χ3n) is 5.75. The van der Waals surface area contributed by atoms with Crippen LogP contribution in [0.2, 0.25) is 0 Å². The summed E-state index contributed by atoms with van der Waals surface area (Å²) in [4.78, 5) is 30.7. The van der Waals surface area contributed by atoms with Crippen LogP contribution in [0.25, 0.3) is 0 Å². The Morgan fingerprint density at radius 3 is 2.46 bits per heavy atom. The molecular formula is C19H28ClN3O4S. The first-order chi connectivity index (χ1) is 13.0. The Morgan fingerprint density at radius 2 is 1.82 bits per heavy atom. The fraction of sp³-hybridized carbons (Fsp3) is 0.684. The van der Waals surface area contributed by atoms with Gasteiger partial charge >= 0.3 is 0 Å². The maximum absolute atomic E-state index is 12.9. The van der Waals surface area contributed by atoms with Crippen LogP contribution in [0.1, 0.15) is 39.9 Å². The van der Waals surface area contributed by atoms with Crippen molar-refractivity contribution < 1.29 is 19.1 Å². The van der Waals surface area contributed by atoms with E-state index in [0.717, 1.165) is 24.1 Å². The molecule has 4 heterocycles. The molecule has 1 aromatic heterocycles. The smallest absolute Gasteiger partial charge is 0.264 e. The summed E-state index contributed by atoms with van der Waals surface area (Å²) in [6.07, 6.45) is 2.35. The van der Waals surface area contributed by atoms with Gasteiger partial charge in [0.25, 0.3) is 5.91 Å². The quantitative estimate of drug-likeness (QED) is 0.767. The number of ether oxygens (including phenoxy) is 2. The first-order valence-electron chi connectivity index (χ1n) is 9.69. The number of rotatable bonds is 2. The van der Waals surface area contributed by atoms with Gasteiger partial charge in [0.2, 0.25) is 5.91 Å². The van der Waals surface area contributed by atoms with Crippen molar-refractivity contribution in [1.29, 1.82) is 0 Å². The summed E-state index contributed by atoms with van der Waals surface area (Å²) in [5, 5.41) is 0. The Kier molecular flexibility index (Phi) is 6.66. The second-order valence-corrected chi connectivity index (χ2v) is 8.63. The molecule has 3 aliphatic heterocycles. The Labute approximate surface area is 175 Å². The predicted octanol–water partition coefficient (Wildman–Crippen LogP) is 1.38. The number of hydrogen-bond donors (Lipinski definition) is 1. The minimum absolute atomic E-state index is 0. The highest BCUT2D eigenvalue weighted by Gasteiger charge is 2.44. The van der Waals surface area contributed by atoms with Crippen molar-refractivity contribution in [1.82, 2.24) is 9.80 Å². The van der Waals surface area contributed by atoms with Crippen molar-refractivity contribution in [2.24, 2.45) is 5.73 Å². The zero-order chi connectivity index (χ0) is 19.0. The van der Waals surface area contributed by atoms with Crippen LogP contribution in [-0.4, -0.2) is 73.7 Å². The number of nitrogens with zero attached hydrogens (tertiary/aromatic N) is 2. The highest BCUT2D eigenvalue weighted by Crippen LogP contribution is 2.45. The number of morpholine rings is 1. The third-order valence-corrected chi connectivity index (χ3v) is 7.10. The molecule has 1 aromatic rings. The van der Waals surface area contributed by atoms with E-state index < -0.39 is 6.04 Å². The zero-order valence-corrected chi connectivity index (χ0v) is 17.8. The van der Waals surface area contributed by atoms with E-state index >= 15 is 0 Å². The number of carbonyl (C=O) groups is 2. The van der Waals surface area contributed by atoms with Crippen LogP contribution < -0.4 is 5.73 Å². The molecule has 2 amide bonds. The molecule has 3 aliphatic rings. The monoisotopic (exact) mass is 429 g/mol. The SMILES string of the molecule is CC(N)C(=O)N1CCC2(CC1)OCCc1cc(C(=O)N3CCOCC3)sc12.Cl. The Morgan fingerprint density at radius 1 is 1.14 bits per heavy atom. The molecule has 9 heteroatoms. The highest BCUT2D eigenvalue weighted by molar-refractivity contribution is 7.14. The summed E-state index contributed by atoms with van der Waals surface area (Å²) in [5.41, 5.74) is 6.62. The lowest BCUT2D eigenvalue weighted by Gasteiger charge is -2.44. The van der Waals surface area contributed by atoms with Crippen LogP contribution in [0.4, 0.5) is 0 Å². The number of likely N-dealkylation sites (tertiary alicyclic amines) is 1. The maximum Gasteiger partial charge on any atom is 0.264 e. The molecular weight excluding hydrogens is 402 g/mol. The first kappa shape index (κ1) is 21.5. The molecule has 156 valence electrons. The van der Waals surface area contributed by atoms with E-state index in [1.165, 1.54) is 10.4 Å². The largest absolute Gasteiger partial charge is 0.378 e. The molecule has 0 aliphatic carbocycles. The fourth-order valence-corrected chi connectivity index (χ4v) is 5.58. The van der Waals surface area contributed by atoms with E-state index in [2.05, 4.69) is 6.07 Å². The van der Waals surface area contributed by atoms with Crippen LogP contribution in [-0.2, 0) is 26.3 Å². The lowest BCUT2D eigenvalue weighted by atomic mass is 9.85. The Balaban J connectivity index is 0.00000225. The van der Waals surface area contributed by atoms with Crippen molar-refractivity contribution in [3.8, 4) is 0 Å². The van der Waals surface area contributed by atoms with Gasteiger partial charge in [0.1, 0.15) is 5.60 Å². The van der Waals surface area contributed by atoms with Crippen LogP contribution in [0.5, 0.6) is 0 Å². The van der Waals surface area contributed by atoms with Gasteiger partial charge in [-0.15, -0.1) is 23.7 Å². The average Bonchev–Trinajstić information content (AvgIpc) is 3.14. The molecule has 0 saturated carbocycles. The number of amides is 2. The van der Waals surface area contributed by atoms with Gasteiger partial charge in [-0.3, -0.25) is 9.59 Å². The molecule has 1 unspecified atom stereocenters. The second kappa shape index (κ2) is 8.67. The minimum atomic E-state index is -0.471. The normalized spacial score (nSPS) is 22.4. The van der Waals surface area contributed by atoms with E-state index in [0.29, 0.717) is 46.0 Å². The van der Waals surface area contributed by atoms with Crippen molar-refractivity contribution in [3.63, 3.8) is 0 Å². The van der Waals surface area contributed by atoms with Gasteiger partial charge in [-0.1, -0.05) is 0 Å². The van der Waals surface area contributed by atoms with E-state index in [4.69, 9.17) is 15.2 Å². The van der Waals surface area contributed by atoms with Gasteiger partial charge in [-0.05, 0) is 37.8 Å². The summed E-state index contributed by atoms with van der Waals surface area (Å²) in [5.74, 6) is 0.0904.